The van der Waals surface area contributed by atoms with Crippen molar-refractivity contribution < 1.29 is 0 Å². The molecule has 0 N–H and O–H groups in total. The van der Waals surface area contributed by atoms with Crippen molar-refractivity contribution in [1.29, 1.82) is 0 Å². The van der Waals surface area contributed by atoms with Gasteiger partial charge in [0.15, 0.2) is 0 Å². The Bertz CT molecular complexity index is 536. The quantitative estimate of drug-likeness (QED) is 0.415. The molecule has 146 valence electrons. The Kier molecular flexibility index (Phi) is 3.75. The summed E-state index contributed by atoms with van der Waals surface area (Å²) in [6, 6.07) is 0. The van der Waals surface area contributed by atoms with Crippen molar-refractivity contribution >= 4 is 0 Å². The molecule has 14 atom stereocenters. The first-order valence-corrected chi connectivity index (χ1v) is 12.5. The number of hydrogen-bond acceptors (Lipinski definition) is 0. The zero-order chi connectivity index (χ0) is 17.7. The topological polar surface area (TPSA) is 0 Å². The molecule has 26 heavy (non-hydrogen) atoms. The normalized spacial score (nSPS) is 66.0. The highest BCUT2D eigenvalue weighted by molar-refractivity contribution is 5.11. The van der Waals surface area contributed by atoms with Crippen molar-refractivity contribution in [2.45, 2.75) is 79.1 Å². The smallest absolute Gasteiger partial charge is 0.0321 e. The fourth-order valence-corrected chi connectivity index (χ4v) is 10.8. The second kappa shape index (κ2) is 5.76. The van der Waals surface area contributed by atoms with Crippen LogP contribution in [0.1, 0.15) is 79.1 Å². The van der Waals surface area contributed by atoms with Crippen LogP contribution in [0.4, 0.5) is 0 Å². The van der Waals surface area contributed by atoms with Crippen LogP contribution >= 0.6 is 0 Å². The summed E-state index contributed by atoms with van der Waals surface area (Å²) >= 11 is 0. The second-order valence-corrected chi connectivity index (χ2v) is 12.4. The van der Waals surface area contributed by atoms with E-state index >= 15 is 0 Å². The van der Waals surface area contributed by atoms with E-state index in [0.717, 1.165) is 59.2 Å². The van der Waals surface area contributed by atoms with Gasteiger partial charge in [-0.15, -0.1) is 0 Å². The predicted molar refractivity (Wildman–Crippen MR) is 108 cm³/mol. The zero-order valence-electron chi connectivity index (χ0n) is 17.7. The Morgan fingerprint density at radius 1 is 0.423 bits per heavy atom. The van der Waals surface area contributed by atoms with Gasteiger partial charge < -0.3 is 0 Å². The van der Waals surface area contributed by atoms with E-state index in [1.54, 1.807) is 51.4 Å². The molecule has 0 radical (unpaired) electrons. The van der Waals surface area contributed by atoms with Crippen molar-refractivity contribution in [2.24, 2.45) is 82.9 Å². The van der Waals surface area contributed by atoms with Crippen LogP contribution in [0.5, 0.6) is 0 Å². The fraction of sp³-hybridized carbons (Fsp3) is 1.00. The van der Waals surface area contributed by atoms with Gasteiger partial charge in [0, 0.05) is 0 Å². The molecule has 0 spiro atoms. The minimum atomic E-state index is 1.03. The highest BCUT2D eigenvalue weighted by Crippen LogP contribution is 2.70. The monoisotopic (exact) mass is 354 g/mol. The summed E-state index contributed by atoms with van der Waals surface area (Å²) in [5.41, 5.74) is 0. The molecule has 14 unspecified atom stereocenters. The Balaban J connectivity index is 0.000000107. The largest absolute Gasteiger partial charge is 0.0622 e. The maximum absolute atomic E-state index is 2.54. The first-order valence-electron chi connectivity index (χ1n) is 12.5. The van der Waals surface area contributed by atoms with Gasteiger partial charge in [0.25, 0.3) is 0 Å². The summed E-state index contributed by atoms with van der Waals surface area (Å²) < 4.78 is 0. The lowest BCUT2D eigenvalue weighted by atomic mass is 9.64. The third-order valence-corrected chi connectivity index (χ3v) is 12.1. The number of fused-ring (bicyclic) bond motifs is 14. The van der Waals surface area contributed by atoms with Crippen LogP contribution in [0, 0.1) is 82.9 Å². The summed E-state index contributed by atoms with van der Waals surface area (Å²) in [5, 5.41) is 0. The van der Waals surface area contributed by atoms with E-state index in [9.17, 15) is 0 Å². The lowest BCUT2D eigenvalue weighted by molar-refractivity contribution is 0.0716. The lowest BCUT2D eigenvalue weighted by Gasteiger charge is -2.41. The van der Waals surface area contributed by atoms with Crippen molar-refractivity contribution in [3.63, 3.8) is 0 Å². The van der Waals surface area contributed by atoms with E-state index in [4.69, 9.17) is 0 Å². The summed E-state index contributed by atoms with van der Waals surface area (Å²) in [7, 11) is 0. The van der Waals surface area contributed by atoms with Crippen molar-refractivity contribution in [2.75, 3.05) is 0 Å². The molecule has 0 aliphatic heterocycles. The standard InChI is InChI=1S/C14H22.C12H20/c1-7-8(2)12-6-11(7)13-9-3-4-10(5-9)14(12)13;1-7-5-11-9-3-4-10(6-9)12(11)8(7)2/h7-14H,3-6H2,1-2H3;7-12H,3-6H2,1-2H3. The van der Waals surface area contributed by atoms with E-state index in [2.05, 4.69) is 27.7 Å². The van der Waals surface area contributed by atoms with E-state index in [1.165, 1.54) is 23.7 Å². The molecule has 6 bridgehead atoms. The van der Waals surface area contributed by atoms with Crippen molar-refractivity contribution in [3.05, 3.63) is 0 Å². The average Bonchev–Trinajstić information content (AvgIpc) is 3.43. The van der Waals surface area contributed by atoms with Gasteiger partial charge in [-0.2, -0.15) is 0 Å². The molecule has 0 amide bonds. The van der Waals surface area contributed by atoms with Crippen LogP contribution in [-0.4, -0.2) is 0 Å². The minimum absolute atomic E-state index is 1.03. The number of rotatable bonds is 0. The van der Waals surface area contributed by atoms with Gasteiger partial charge >= 0.3 is 0 Å². The Morgan fingerprint density at radius 3 is 1.50 bits per heavy atom. The molecule has 0 heterocycles. The molecular weight excluding hydrogens is 312 g/mol. The van der Waals surface area contributed by atoms with Gasteiger partial charge in [-0.3, -0.25) is 0 Å². The summed E-state index contributed by atoms with van der Waals surface area (Å²) in [6.07, 6.45) is 12.7. The summed E-state index contributed by atoms with van der Waals surface area (Å²) in [6.45, 7) is 10.1. The first kappa shape index (κ1) is 16.9. The van der Waals surface area contributed by atoms with Crippen LogP contribution in [0.2, 0.25) is 0 Å². The first-order chi connectivity index (χ1) is 12.5. The van der Waals surface area contributed by atoms with E-state index in [0.29, 0.717) is 0 Å². The average molecular weight is 355 g/mol. The van der Waals surface area contributed by atoms with Gasteiger partial charge in [0.05, 0.1) is 0 Å². The fourth-order valence-electron chi connectivity index (χ4n) is 10.8. The van der Waals surface area contributed by atoms with Crippen molar-refractivity contribution in [3.8, 4) is 0 Å². The molecular formula is C26H42. The van der Waals surface area contributed by atoms with Crippen LogP contribution in [0.25, 0.3) is 0 Å². The zero-order valence-corrected chi connectivity index (χ0v) is 17.7. The summed E-state index contributed by atoms with van der Waals surface area (Å²) in [4.78, 5) is 0. The minimum Gasteiger partial charge on any atom is -0.0622 e. The third kappa shape index (κ3) is 2.09. The third-order valence-electron chi connectivity index (χ3n) is 12.1. The van der Waals surface area contributed by atoms with Gasteiger partial charge in [-0.1, -0.05) is 27.7 Å². The highest BCUT2D eigenvalue weighted by Gasteiger charge is 2.63. The molecule has 0 nitrogen and oxygen atoms in total. The summed E-state index contributed by atoms with van der Waals surface area (Å²) in [5.74, 6) is 15.9. The highest BCUT2D eigenvalue weighted by atomic mass is 14.7. The Morgan fingerprint density at radius 2 is 0.923 bits per heavy atom. The lowest BCUT2D eigenvalue weighted by Crippen LogP contribution is -2.35. The van der Waals surface area contributed by atoms with Crippen LogP contribution < -0.4 is 0 Å². The molecule has 7 rings (SSSR count). The molecule has 0 aromatic heterocycles. The number of hydrogen-bond donors (Lipinski definition) is 0. The van der Waals surface area contributed by atoms with Crippen molar-refractivity contribution in [1.82, 2.24) is 0 Å². The van der Waals surface area contributed by atoms with E-state index in [1.807, 2.05) is 0 Å². The second-order valence-electron chi connectivity index (χ2n) is 12.4. The van der Waals surface area contributed by atoms with E-state index in [-0.39, 0.29) is 0 Å². The molecule has 0 aromatic carbocycles. The van der Waals surface area contributed by atoms with Gasteiger partial charge in [0.1, 0.15) is 0 Å². The van der Waals surface area contributed by atoms with Gasteiger partial charge in [-0.05, 0) is 134 Å². The molecule has 7 saturated carbocycles. The molecule has 0 saturated heterocycles. The molecule has 7 aliphatic carbocycles. The van der Waals surface area contributed by atoms with Crippen LogP contribution in [-0.2, 0) is 0 Å². The Hall–Kier alpha value is 0. The molecule has 0 aromatic rings. The SMILES string of the molecule is CC1C(C)C2CC1C1C3CCC(C3)C21.CC1CC2C3CCC(C3)C2C1C. The maximum atomic E-state index is 2.54. The van der Waals surface area contributed by atoms with Crippen LogP contribution in [0.3, 0.4) is 0 Å². The Labute approximate surface area is 162 Å². The predicted octanol–water partition coefficient (Wildman–Crippen LogP) is 6.90. The van der Waals surface area contributed by atoms with Crippen LogP contribution in [0.15, 0.2) is 0 Å². The van der Waals surface area contributed by atoms with Gasteiger partial charge in [0.2, 0.25) is 0 Å². The maximum Gasteiger partial charge on any atom is -0.0321 e. The molecule has 7 fully saturated rings. The van der Waals surface area contributed by atoms with E-state index < -0.39 is 0 Å². The molecule has 7 aliphatic rings. The van der Waals surface area contributed by atoms with Gasteiger partial charge in [-0.25, -0.2) is 0 Å². The molecule has 0 heteroatoms.